The second-order valence-electron chi connectivity index (χ2n) is 3.85. The molecular weight excluding hydrogens is 254 g/mol. The zero-order chi connectivity index (χ0) is 13.7. The van der Waals surface area contributed by atoms with E-state index >= 15 is 0 Å². The Bertz CT molecular complexity index is 460. The van der Waals surface area contributed by atoms with E-state index in [9.17, 15) is 9.59 Å². The number of nitrogens with zero attached hydrogens (tertiary/aromatic N) is 1. The SMILES string of the molecule is CCN(CC(=O)OC)C(=O)c1ccc(Cl)cc1C. The molecule has 0 saturated carbocycles. The van der Waals surface area contributed by atoms with Gasteiger partial charge < -0.3 is 9.64 Å². The molecule has 1 aromatic carbocycles. The van der Waals surface area contributed by atoms with Crippen molar-refractivity contribution in [1.29, 1.82) is 0 Å². The van der Waals surface area contributed by atoms with Gasteiger partial charge in [-0.05, 0) is 37.6 Å². The molecule has 1 aromatic rings. The Morgan fingerprint density at radius 3 is 2.56 bits per heavy atom. The van der Waals surface area contributed by atoms with Crippen LogP contribution in [0.2, 0.25) is 5.02 Å². The number of methoxy groups -OCH3 is 1. The molecular formula is C13H16ClNO3. The fourth-order valence-electron chi connectivity index (χ4n) is 1.58. The van der Waals surface area contributed by atoms with Crippen LogP contribution in [0.25, 0.3) is 0 Å². The third-order valence-corrected chi connectivity index (χ3v) is 2.87. The summed E-state index contributed by atoms with van der Waals surface area (Å²) in [6.07, 6.45) is 0. The van der Waals surface area contributed by atoms with Gasteiger partial charge in [0.2, 0.25) is 0 Å². The Balaban J connectivity index is 2.93. The average molecular weight is 270 g/mol. The minimum absolute atomic E-state index is 0.0477. The summed E-state index contributed by atoms with van der Waals surface area (Å²) in [6.45, 7) is 4.01. The standard InChI is InChI=1S/C13H16ClNO3/c1-4-15(8-12(16)18-3)13(17)11-6-5-10(14)7-9(11)2/h5-7H,4,8H2,1-3H3. The molecule has 18 heavy (non-hydrogen) atoms. The lowest BCUT2D eigenvalue weighted by Crippen LogP contribution is -2.36. The summed E-state index contributed by atoms with van der Waals surface area (Å²) < 4.78 is 4.56. The number of carbonyl (C=O) groups is 2. The number of aryl methyl sites for hydroxylation is 1. The lowest BCUT2D eigenvalue weighted by atomic mass is 10.1. The summed E-state index contributed by atoms with van der Waals surface area (Å²) in [6, 6.07) is 5.05. The Morgan fingerprint density at radius 1 is 1.39 bits per heavy atom. The fraction of sp³-hybridized carbons (Fsp3) is 0.385. The van der Waals surface area contributed by atoms with Gasteiger partial charge in [0.1, 0.15) is 6.54 Å². The van der Waals surface area contributed by atoms with E-state index in [1.54, 1.807) is 18.2 Å². The number of benzene rings is 1. The quantitative estimate of drug-likeness (QED) is 0.788. The maximum atomic E-state index is 12.2. The average Bonchev–Trinajstić information content (AvgIpc) is 2.34. The first-order chi connectivity index (χ1) is 8.49. The van der Waals surface area contributed by atoms with E-state index in [-0.39, 0.29) is 12.5 Å². The van der Waals surface area contributed by atoms with Crippen LogP contribution in [0.15, 0.2) is 18.2 Å². The van der Waals surface area contributed by atoms with Crippen molar-refractivity contribution in [2.24, 2.45) is 0 Å². The molecule has 0 fully saturated rings. The molecule has 0 N–H and O–H groups in total. The molecule has 0 radical (unpaired) electrons. The Morgan fingerprint density at radius 2 is 2.06 bits per heavy atom. The van der Waals surface area contributed by atoms with Crippen LogP contribution >= 0.6 is 11.6 Å². The summed E-state index contributed by atoms with van der Waals surface area (Å²) in [5, 5.41) is 0.583. The fourth-order valence-corrected chi connectivity index (χ4v) is 1.81. The summed E-state index contributed by atoms with van der Waals surface area (Å²) in [5.74, 6) is -0.631. The van der Waals surface area contributed by atoms with Gasteiger partial charge in [-0.3, -0.25) is 9.59 Å². The summed E-state index contributed by atoms with van der Waals surface area (Å²) >= 11 is 5.84. The Labute approximate surface area is 111 Å². The molecule has 0 bridgehead atoms. The van der Waals surface area contributed by atoms with Crippen LogP contribution in [0.1, 0.15) is 22.8 Å². The van der Waals surface area contributed by atoms with Crippen LogP contribution in [0.3, 0.4) is 0 Å². The molecule has 1 rings (SSSR count). The second kappa shape index (κ2) is 6.40. The van der Waals surface area contributed by atoms with Crippen LogP contribution in [-0.2, 0) is 9.53 Å². The van der Waals surface area contributed by atoms with Crippen molar-refractivity contribution >= 4 is 23.5 Å². The monoisotopic (exact) mass is 269 g/mol. The molecule has 0 aromatic heterocycles. The maximum absolute atomic E-state index is 12.2. The number of carbonyl (C=O) groups excluding carboxylic acids is 2. The van der Waals surface area contributed by atoms with Crippen LogP contribution in [0.4, 0.5) is 0 Å². The van der Waals surface area contributed by atoms with E-state index in [4.69, 9.17) is 11.6 Å². The second-order valence-corrected chi connectivity index (χ2v) is 4.29. The maximum Gasteiger partial charge on any atom is 0.325 e. The number of halogens is 1. The van der Waals surface area contributed by atoms with Gasteiger partial charge in [0.05, 0.1) is 7.11 Å². The first kappa shape index (κ1) is 14.5. The van der Waals surface area contributed by atoms with Crippen molar-refractivity contribution in [3.05, 3.63) is 34.3 Å². The van der Waals surface area contributed by atoms with Gasteiger partial charge >= 0.3 is 5.97 Å². The molecule has 0 unspecified atom stereocenters. The number of hydrogen-bond acceptors (Lipinski definition) is 3. The molecule has 0 aliphatic rings. The number of esters is 1. The topological polar surface area (TPSA) is 46.6 Å². The molecule has 4 nitrogen and oxygen atoms in total. The highest BCUT2D eigenvalue weighted by atomic mass is 35.5. The van der Waals surface area contributed by atoms with Crippen molar-refractivity contribution in [2.75, 3.05) is 20.2 Å². The zero-order valence-corrected chi connectivity index (χ0v) is 11.5. The van der Waals surface area contributed by atoms with E-state index in [0.29, 0.717) is 17.1 Å². The minimum atomic E-state index is -0.434. The molecule has 98 valence electrons. The summed E-state index contributed by atoms with van der Waals surface area (Å²) in [5.41, 5.74) is 1.33. The number of ether oxygens (including phenoxy) is 1. The van der Waals surface area contributed by atoms with E-state index in [0.717, 1.165) is 5.56 Å². The molecule has 0 atom stereocenters. The van der Waals surface area contributed by atoms with Gasteiger partial charge in [0.15, 0.2) is 0 Å². The number of hydrogen-bond donors (Lipinski definition) is 0. The predicted molar refractivity (Wildman–Crippen MR) is 69.8 cm³/mol. The van der Waals surface area contributed by atoms with Crippen molar-refractivity contribution in [1.82, 2.24) is 4.90 Å². The van der Waals surface area contributed by atoms with Gasteiger partial charge in [-0.1, -0.05) is 11.6 Å². The summed E-state index contributed by atoms with van der Waals surface area (Å²) in [7, 11) is 1.30. The van der Waals surface area contributed by atoms with Crippen LogP contribution < -0.4 is 0 Å². The normalized spacial score (nSPS) is 10.0. The van der Waals surface area contributed by atoms with Gasteiger partial charge in [-0.2, -0.15) is 0 Å². The van der Waals surface area contributed by atoms with Gasteiger partial charge in [0, 0.05) is 17.1 Å². The number of likely N-dealkylation sites (N-methyl/N-ethyl adjacent to an activating group) is 1. The van der Waals surface area contributed by atoms with Gasteiger partial charge in [-0.25, -0.2) is 0 Å². The van der Waals surface area contributed by atoms with E-state index in [1.807, 2.05) is 13.8 Å². The lowest BCUT2D eigenvalue weighted by molar-refractivity contribution is -0.141. The highest BCUT2D eigenvalue weighted by Crippen LogP contribution is 2.16. The first-order valence-corrected chi connectivity index (χ1v) is 5.99. The van der Waals surface area contributed by atoms with Crippen LogP contribution in [0.5, 0.6) is 0 Å². The van der Waals surface area contributed by atoms with Crippen molar-refractivity contribution in [2.45, 2.75) is 13.8 Å². The molecule has 0 aliphatic carbocycles. The van der Waals surface area contributed by atoms with Crippen LogP contribution in [-0.4, -0.2) is 37.0 Å². The number of rotatable bonds is 4. The molecule has 0 spiro atoms. The van der Waals surface area contributed by atoms with E-state index in [2.05, 4.69) is 4.74 Å². The Hall–Kier alpha value is -1.55. The summed E-state index contributed by atoms with van der Waals surface area (Å²) in [4.78, 5) is 24.9. The molecule has 5 heteroatoms. The molecule has 0 saturated heterocycles. The largest absolute Gasteiger partial charge is 0.468 e. The van der Waals surface area contributed by atoms with E-state index in [1.165, 1.54) is 12.0 Å². The number of amides is 1. The molecule has 0 heterocycles. The predicted octanol–water partition coefficient (Wildman–Crippen LogP) is 2.28. The minimum Gasteiger partial charge on any atom is -0.468 e. The van der Waals surface area contributed by atoms with Crippen molar-refractivity contribution in [3.8, 4) is 0 Å². The molecule has 1 amide bonds. The lowest BCUT2D eigenvalue weighted by Gasteiger charge is -2.20. The smallest absolute Gasteiger partial charge is 0.325 e. The van der Waals surface area contributed by atoms with Crippen molar-refractivity contribution in [3.63, 3.8) is 0 Å². The van der Waals surface area contributed by atoms with E-state index < -0.39 is 5.97 Å². The molecule has 0 aliphatic heterocycles. The highest BCUT2D eigenvalue weighted by molar-refractivity contribution is 6.30. The zero-order valence-electron chi connectivity index (χ0n) is 10.7. The van der Waals surface area contributed by atoms with Gasteiger partial charge in [0.25, 0.3) is 5.91 Å². The van der Waals surface area contributed by atoms with Crippen molar-refractivity contribution < 1.29 is 14.3 Å². The Kier molecular flexibility index (Phi) is 5.16. The first-order valence-electron chi connectivity index (χ1n) is 5.61. The third kappa shape index (κ3) is 3.47. The highest BCUT2D eigenvalue weighted by Gasteiger charge is 2.19. The van der Waals surface area contributed by atoms with Gasteiger partial charge in [-0.15, -0.1) is 0 Å². The third-order valence-electron chi connectivity index (χ3n) is 2.64. The van der Waals surface area contributed by atoms with Crippen LogP contribution in [0, 0.1) is 6.92 Å².